The van der Waals surface area contributed by atoms with Crippen LogP contribution in [0.5, 0.6) is 0 Å². The number of aryl methyl sites for hydroxylation is 1. The van der Waals surface area contributed by atoms with E-state index in [9.17, 15) is 8.78 Å². The van der Waals surface area contributed by atoms with Crippen molar-refractivity contribution in [3.63, 3.8) is 0 Å². The highest BCUT2D eigenvalue weighted by Crippen LogP contribution is 2.12. The topological polar surface area (TPSA) is 0 Å². The van der Waals surface area contributed by atoms with Crippen molar-refractivity contribution in [2.75, 3.05) is 0 Å². The molecule has 0 aromatic heterocycles. The van der Waals surface area contributed by atoms with Gasteiger partial charge in [-0.2, -0.15) is 0 Å². The van der Waals surface area contributed by atoms with Crippen molar-refractivity contribution in [1.82, 2.24) is 0 Å². The fourth-order valence-electron chi connectivity index (χ4n) is 0.772. The summed E-state index contributed by atoms with van der Waals surface area (Å²) in [7, 11) is 0. The lowest BCUT2D eigenvalue weighted by molar-refractivity contribution is 0.566. The number of halogens is 2. The van der Waals surface area contributed by atoms with Gasteiger partial charge in [0.2, 0.25) is 0 Å². The molecule has 0 aliphatic carbocycles. The average molecular weight is 158 g/mol. The maximum absolute atomic E-state index is 12.6. The molecule has 11 heavy (non-hydrogen) atoms. The van der Waals surface area contributed by atoms with Crippen LogP contribution in [0.15, 0.2) is 12.1 Å². The summed E-state index contributed by atoms with van der Waals surface area (Å²) in [6.07, 6.45) is 0. The number of benzene rings is 1. The highest BCUT2D eigenvalue weighted by atomic mass is 19.1. The van der Waals surface area contributed by atoms with Gasteiger partial charge in [-0.1, -0.05) is 7.43 Å². The molecule has 0 fully saturated rings. The van der Waals surface area contributed by atoms with Gasteiger partial charge in [0.25, 0.3) is 0 Å². The molecule has 0 atom stereocenters. The van der Waals surface area contributed by atoms with Gasteiger partial charge in [-0.3, -0.25) is 0 Å². The third-order valence-electron chi connectivity index (χ3n) is 1.43. The van der Waals surface area contributed by atoms with E-state index in [1.54, 1.807) is 6.92 Å². The average Bonchev–Trinajstić information content (AvgIpc) is 1.82. The van der Waals surface area contributed by atoms with Crippen LogP contribution >= 0.6 is 0 Å². The van der Waals surface area contributed by atoms with Gasteiger partial charge in [0, 0.05) is 5.56 Å². The summed E-state index contributed by atoms with van der Waals surface area (Å²) in [6, 6.07) is 2.64. The van der Waals surface area contributed by atoms with Crippen LogP contribution < -0.4 is 0 Å². The lowest BCUT2D eigenvalue weighted by atomic mass is 10.1. The lowest BCUT2D eigenvalue weighted by Crippen LogP contribution is -1.88. The van der Waals surface area contributed by atoms with Crippen LogP contribution in [0.2, 0.25) is 0 Å². The van der Waals surface area contributed by atoms with E-state index in [1.807, 2.05) is 0 Å². The molecule has 1 aromatic carbocycles. The molecule has 0 unspecified atom stereocenters. The third kappa shape index (κ3) is 2.00. The fourth-order valence-corrected chi connectivity index (χ4v) is 0.772. The Morgan fingerprint density at radius 3 is 1.73 bits per heavy atom. The van der Waals surface area contributed by atoms with E-state index >= 15 is 0 Å². The first-order valence-corrected chi connectivity index (χ1v) is 3.03. The molecule has 0 heterocycles. The molecule has 0 aliphatic rings. The van der Waals surface area contributed by atoms with Crippen LogP contribution in [0, 0.1) is 25.5 Å². The van der Waals surface area contributed by atoms with Crippen LogP contribution in [-0.4, -0.2) is 0 Å². The zero-order valence-corrected chi connectivity index (χ0v) is 5.91. The third-order valence-corrected chi connectivity index (χ3v) is 1.43. The zero-order valence-electron chi connectivity index (χ0n) is 5.91. The number of hydrogen-bond donors (Lipinski definition) is 0. The molecule has 0 bridgehead atoms. The lowest BCUT2D eigenvalue weighted by Gasteiger charge is -1.98. The van der Waals surface area contributed by atoms with Crippen molar-refractivity contribution in [2.24, 2.45) is 0 Å². The van der Waals surface area contributed by atoms with Crippen LogP contribution in [0.1, 0.15) is 18.6 Å². The van der Waals surface area contributed by atoms with E-state index in [2.05, 4.69) is 0 Å². The van der Waals surface area contributed by atoms with Crippen molar-refractivity contribution >= 4 is 0 Å². The summed E-state index contributed by atoms with van der Waals surface area (Å²) in [4.78, 5) is 0. The molecule has 1 rings (SSSR count). The van der Waals surface area contributed by atoms with Crippen LogP contribution in [0.4, 0.5) is 8.78 Å². The first-order valence-electron chi connectivity index (χ1n) is 3.03. The van der Waals surface area contributed by atoms with Gasteiger partial charge < -0.3 is 0 Å². The fraction of sp³-hybridized carbons (Fsp3) is 0.333. The van der Waals surface area contributed by atoms with Gasteiger partial charge in [0.1, 0.15) is 11.6 Å². The van der Waals surface area contributed by atoms with Gasteiger partial charge >= 0.3 is 0 Å². The predicted molar refractivity (Wildman–Crippen MR) is 42.6 cm³/mol. The molecule has 0 nitrogen and oxygen atoms in total. The quantitative estimate of drug-likeness (QED) is 0.543. The van der Waals surface area contributed by atoms with Gasteiger partial charge in [0.05, 0.1) is 0 Å². The van der Waals surface area contributed by atoms with Gasteiger partial charge in [-0.05, 0) is 31.5 Å². The SMILES string of the molecule is C.Cc1cc(F)c(C)c(F)c1. The molecule has 0 aliphatic heterocycles. The normalized spacial score (nSPS) is 9.09. The van der Waals surface area contributed by atoms with E-state index in [4.69, 9.17) is 0 Å². The second kappa shape index (κ2) is 3.46. The molecule has 0 amide bonds. The molecule has 0 saturated carbocycles. The molecule has 0 radical (unpaired) electrons. The largest absolute Gasteiger partial charge is 0.207 e. The first-order chi connectivity index (χ1) is 4.61. The predicted octanol–water partition coefficient (Wildman–Crippen LogP) is 3.22. The van der Waals surface area contributed by atoms with Gasteiger partial charge in [0.15, 0.2) is 0 Å². The summed E-state index contributed by atoms with van der Waals surface area (Å²) in [5.41, 5.74) is 0.700. The van der Waals surface area contributed by atoms with Crippen LogP contribution in [0.3, 0.4) is 0 Å². The second-order valence-electron chi connectivity index (χ2n) is 2.35. The Hall–Kier alpha value is -0.920. The Bertz CT molecular complexity index is 231. The molecule has 62 valence electrons. The molecule has 2 heteroatoms. The summed E-state index contributed by atoms with van der Waals surface area (Å²) in [5, 5.41) is 0. The molecular weight excluding hydrogens is 146 g/mol. The zero-order chi connectivity index (χ0) is 7.72. The molecule has 0 saturated heterocycles. The Balaban J connectivity index is 0.000001000. The van der Waals surface area contributed by atoms with E-state index in [1.165, 1.54) is 19.1 Å². The standard InChI is InChI=1S/C8H8F2.CH4/c1-5-3-7(9)6(2)8(10)4-5;/h3-4H,1-2H3;1H4. The maximum atomic E-state index is 12.6. The van der Waals surface area contributed by atoms with Gasteiger partial charge in [-0.25, -0.2) is 8.78 Å². The van der Waals surface area contributed by atoms with Crippen molar-refractivity contribution in [1.29, 1.82) is 0 Å². The molecule has 0 N–H and O–H groups in total. The molecule has 0 spiro atoms. The summed E-state index contributed by atoms with van der Waals surface area (Å²) >= 11 is 0. The smallest absolute Gasteiger partial charge is 0.129 e. The summed E-state index contributed by atoms with van der Waals surface area (Å²) in [5.74, 6) is -0.949. The minimum Gasteiger partial charge on any atom is -0.207 e. The Kier molecular flexibility index (Phi) is 3.18. The monoisotopic (exact) mass is 158 g/mol. The van der Waals surface area contributed by atoms with Crippen molar-refractivity contribution in [2.45, 2.75) is 21.3 Å². The van der Waals surface area contributed by atoms with Crippen LogP contribution in [0.25, 0.3) is 0 Å². The van der Waals surface area contributed by atoms with E-state index in [-0.39, 0.29) is 13.0 Å². The van der Waals surface area contributed by atoms with E-state index in [0.29, 0.717) is 5.56 Å². The summed E-state index contributed by atoms with van der Waals surface area (Å²) < 4.78 is 25.2. The minimum atomic E-state index is -0.475. The van der Waals surface area contributed by atoms with Gasteiger partial charge in [-0.15, -0.1) is 0 Å². The number of hydrogen-bond acceptors (Lipinski definition) is 0. The van der Waals surface area contributed by atoms with Crippen molar-refractivity contribution < 1.29 is 8.78 Å². The highest BCUT2D eigenvalue weighted by Gasteiger charge is 2.02. The Labute approximate surface area is 65.9 Å². The second-order valence-corrected chi connectivity index (χ2v) is 2.35. The molecular formula is C9H12F2. The van der Waals surface area contributed by atoms with Crippen LogP contribution in [-0.2, 0) is 0 Å². The molecule has 1 aromatic rings. The summed E-state index contributed by atoms with van der Waals surface area (Å²) in [6.45, 7) is 3.08. The maximum Gasteiger partial charge on any atom is 0.129 e. The van der Waals surface area contributed by atoms with Crippen molar-refractivity contribution in [3.8, 4) is 0 Å². The number of rotatable bonds is 0. The van der Waals surface area contributed by atoms with E-state index < -0.39 is 11.6 Å². The Morgan fingerprint density at radius 1 is 1.00 bits per heavy atom. The first kappa shape index (κ1) is 10.1. The minimum absolute atomic E-state index is 0. The highest BCUT2D eigenvalue weighted by molar-refractivity contribution is 5.23. The Morgan fingerprint density at radius 2 is 1.36 bits per heavy atom. The van der Waals surface area contributed by atoms with E-state index in [0.717, 1.165) is 0 Å². The van der Waals surface area contributed by atoms with Crippen molar-refractivity contribution in [3.05, 3.63) is 34.9 Å².